The molecule has 4 unspecified atom stereocenters. The van der Waals surface area contributed by atoms with E-state index in [2.05, 4.69) is 27.8 Å². The Morgan fingerprint density at radius 2 is 1.77 bits per heavy atom. The Bertz CT molecular complexity index is 819. The van der Waals surface area contributed by atoms with E-state index < -0.39 is 0 Å². The first-order chi connectivity index (χ1) is 14.6. The molecule has 1 saturated heterocycles. The number of rotatable bonds is 8. The van der Waals surface area contributed by atoms with Crippen LogP contribution in [0.5, 0.6) is 5.75 Å². The molecule has 2 N–H and O–H groups in total. The average Bonchev–Trinajstić information content (AvgIpc) is 3.42. The van der Waals surface area contributed by atoms with E-state index in [0.717, 1.165) is 18.7 Å². The van der Waals surface area contributed by atoms with Gasteiger partial charge in [0.15, 0.2) is 5.96 Å². The third kappa shape index (κ3) is 4.06. The first-order valence-corrected chi connectivity index (χ1v) is 10.8. The highest BCUT2D eigenvalue weighted by Crippen LogP contribution is 2.52. The van der Waals surface area contributed by atoms with Crippen molar-refractivity contribution < 1.29 is 14.3 Å². The van der Waals surface area contributed by atoms with Crippen molar-refractivity contribution in [1.82, 2.24) is 15.5 Å². The Balaban J connectivity index is 1.24. The van der Waals surface area contributed by atoms with Gasteiger partial charge in [0.05, 0.1) is 24.9 Å². The summed E-state index contributed by atoms with van der Waals surface area (Å²) in [6.45, 7) is 6.59. The summed E-state index contributed by atoms with van der Waals surface area (Å²) in [5.74, 6) is 1.69. The highest BCUT2D eigenvalue weighted by Gasteiger charge is 2.58. The van der Waals surface area contributed by atoms with Crippen LogP contribution in [0.15, 0.2) is 41.4 Å². The van der Waals surface area contributed by atoms with E-state index in [1.165, 1.54) is 10.5 Å². The minimum Gasteiger partial charge on any atom is -0.492 e. The summed E-state index contributed by atoms with van der Waals surface area (Å²) in [6.07, 6.45) is 5.19. The lowest BCUT2D eigenvalue weighted by Crippen LogP contribution is -2.40. The number of fused-ring (bicyclic) bond motifs is 5. The van der Waals surface area contributed by atoms with Gasteiger partial charge in [0.2, 0.25) is 11.8 Å². The van der Waals surface area contributed by atoms with Gasteiger partial charge in [-0.05, 0) is 44.2 Å². The highest BCUT2D eigenvalue weighted by atomic mass is 16.5. The number of likely N-dealkylation sites (tertiary alicyclic amines) is 1. The standard InChI is InChI=1S/C23H30N4O3/c1-3-24-23(26-11-13-30-18-8-4-15(2)5-9-18)25-10-12-27-21(28)19-16-6-7-17(14-16)20(19)22(27)29/h4-9,16-17,19-20H,3,10-14H2,1-2H3,(H2,24,25,26). The Morgan fingerprint density at radius 3 is 2.40 bits per heavy atom. The van der Waals surface area contributed by atoms with Crippen LogP contribution in [0.1, 0.15) is 18.9 Å². The van der Waals surface area contributed by atoms with Gasteiger partial charge < -0.3 is 15.4 Å². The number of carbonyl (C=O) groups is 2. The molecule has 3 aliphatic rings. The maximum absolute atomic E-state index is 12.7. The molecule has 1 aromatic rings. The molecule has 2 fully saturated rings. The van der Waals surface area contributed by atoms with Crippen LogP contribution >= 0.6 is 0 Å². The number of imide groups is 1. The highest BCUT2D eigenvalue weighted by molar-refractivity contribution is 6.06. The van der Waals surface area contributed by atoms with E-state index in [9.17, 15) is 9.59 Å². The molecule has 0 spiro atoms. The molecule has 2 amide bonds. The van der Waals surface area contributed by atoms with Gasteiger partial charge in [-0.15, -0.1) is 0 Å². The van der Waals surface area contributed by atoms with Crippen LogP contribution in [0, 0.1) is 30.6 Å². The number of allylic oxidation sites excluding steroid dienone is 2. The predicted molar refractivity (Wildman–Crippen MR) is 115 cm³/mol. The smallest absolute Gasteiger partial charge is 0.233 e. The lowest BCUT2D eigenvalue weighted by molar-refractivity contribution is -0.140. The molecular formula is C23H30N4O3. The quantitative estimate of drug-likeness (QED) is 0.224. The van der Waals surface area contributed by atoms with Crippen molar-refractivity contribution in [2.45, 2.75) is 20.3 Å². The van der Waals surface area contributed by atoms with E-state index in [1.807, 2.05) is 38.1 Å². The number of aryl methyl sites for hydroxylation is 1. The molecule has 4 rings (SSSR count). The van der Waals surface area contributed by atoms with Crippen LogP contribution in [0.2, 0.25) is 0 Å². The second kappa shape index (κ2) is 8.90. The maximum atomic E-state index is 12.7. The van der Waals surface area contributed by atoms with E-state index in [0.29, 0.717) is 32.2 Å². The summed E-state index contributed by atoms with van der Waals surface area (Å²) in [4.78, 5) is 31.4. The molecule has 1 heterocycles. The number of hydrogen-bond acceptors (Lipinski definition) is 4. The Hall–Kier alpha value is -2.83. The van der Waals surface area contributed by atoms with Crippen molar-refractivity contribution in [2.75, 3.05) is 32.8 Å². The van der Waals surface area contributed by atoms with Gasteiger partial charge in [-0.2, -0.15) is 0 Å². The molecule has 1 aromatic carbocycles. The van der Waals surface area contributed by atoms with Gasteiger partial charge in [0.1, 0.15) is 12.4 Å². The topological polar surface area (TPSA) is 83.0 Å². The van der Waals surface area contributed by atoms with Gasteiger partial charge >= 0.3 is 0 Å². The number of nitrogens with zero attached hydrogens (tertiary/aromatic N) is 2. The number of amides is 2. The van der Waals surface area contributed by atoms with Crippen molar-refractivity contribution in [2.24, 2.45) is 28.7 Å². The van der Waals surface area contributed by atoms with E-state index >= 15 is 0 Å². The molecule has 2 aliphatic carbocycles. The van der Waals surface area contributed by atoms with Gasteiger partial charge in [-0.3, -0.25) is 19.5 Å². The number of aliphatic imine (C=N–C) groups is 1. The zero-order valence-electron chi connectivity index (χ0n) is 17.6. The molecule has 1 saturated carbocycles. The molecular weight excluding hydrogens is 380 g/mol. The van der Waals surface area contributed by atoms with Crippen molar-refractivity contribution >= 4 is 17.8 Å². The Morgan fingerprint density at radius 1 is 1.10 bits per heavy atom. The lowest BCUT2D eigenvalue weighted by atomic mass is 9.85. The molecule has 7 nitrogen and oxygen atoms in total. The Labute approximate surface area is 177 Å². The molecule has 0 aromatic heterocycles. The lowest BCUT2D eigenvalue weighted by Gasteiger charge is -2.17. The second-order valence-corrected chi connectivity index (χ2v) is 8.18. The van der Waals surface area contributed by atoms with Crippen molar-refractivity contribution in [3.8, 4) is 5.75 Å². The third-order valence-corrected chi connectivity index (χ3v) is 6.18. The largest absolute Gasteiger partial charge is 0.492 e. The number of guanidine groups is 1. The Kier molecular flexibility index (Phi) is 6.06. The summed E-state index contributed by atoms with van der Waals surface area (Å²) in [6, 6.07) is 7.95. The van der Waals surface area contributed by atoms with E-state index in [1.54, 1.807) is 0 Å². The van der Waals surface area contributed by atoms with Crippen molar-refractivity contribution in [1.29, 1.82) is 0 Å². The van der Waals surface area contributed by atoms with Gasteiger partial charge in [0, 0.05) is 13.1 Å². The fourth-order valence-corrected chi connectivity index (χ4v) is 4.76. The van der Waals surface area contributed by atoms with Crippen LogP contribution < -0.4 is 15.4 Å². The minimum absolute atomic E-state index is 0.0125. The number of benzene rings is 1. The van der Waals surface area contributed by atoms with Gasteiger partial charge in [-0.1, -0.05) is 29.8 Å². The summed E-state index contributed by atoms with van der Waals surface area (Å²) < 4.78 is 5.72. The van der Waals surface area contributed by atoms with Gasteiger partial charge in [0.25, 0.3) is 0 Å². The fourth-order valence-electron chi connectivity index (χ4n) is 4.76. The first kappa shape index (κ1) is 20.4. The zero-order valence-corrected chi connectivity index (χ0v) is 17.6. The zero-order chi connectivity index (χ0) is 21.1. The normalized spacial score (nSPS) is 27.0. The van der Waals surface area contributed by atoms with Crippen molar-refractivity contribution in [3.63, 3.8) is 0 Å². The van der Waals surface area contributed by atoms with Crippen LogP contribution in [0.4, 0.5) is 0 Å². The molecule has 2 bridgehead atoms. The molecule has 4 atom stereocenters. The summed E-state index contributed by atoms with van der Waals surface area (Å²) in [7, 11) is 0. The van der Waals surface area contributed by atoms with E-state index in [-0.39, 0.29) is 35.5 Å². The number of nitrogens with one attached hydrogen (secondary N) is 2. The van der Waals surface area contributed by atoms with Crippen LogP contribution in [-0.4, -0.2) is 55.5 Å². The van der Waals surface area contributed by atoms with E-state index in [4.69, 9.17) is 4.74 Å². The fraction of sp³-hybridized carbons (Fsp3) is 0.522. The summed E-state index contributed by atoms with van der Waals surface area (Å²) in [5.41, 5.74) is 1.20. The first-order valence-electron chi connectivity index (χ1n) is 10.8. The van der Waals surface area contributed by atoms with Crippen molar-refractivity contribution in [3.05, 3.63) is 42.0 Å². The average molecular weight is 411 g/mol. The number of hydrogen-bond donors (Lipinski definition) is 2. The molecule has 1 aliphatic heterocycles. The second-order valence-electron chi connectivity index (χ2n) is 8.18. The van der Waals surface area contributed by atoms with Gasteiger partial charge in [-0.25, -0.2) is 0 Å². The predicted octanol–water partition coefficient (Wildman–Crippen LogP) is 1.74. The SMILES string of the molecule is CCNC(=NCCN1C(=O)C2C3C=CC(C3)C2C1=O)NCCOc1ccc(C)cc1. The van der Waals surface area contributed by atoms with Crippen LogP contribution in [0.25, 0.3) is 0 Å². The molecule has 30 heavy (non-hydrogen) atoms. The molecule has 7 heteroatoms. The molecule has 160 valence electrons. The third-order valence-electron chi connectivity index (χ3n) is 6.18. The monoisotopic (exact) mass is 410 g/mol. The minimum atomic E-state index is -0.137. The van der Waals surface area contributed by atoms with Crippen LogP contribution in [-0.2, 0) is 9.59 Å². The molecule has 0 radical (unpaired) electrons. The maximum Gasteiger partial charge on any atom is 0.233 e. The summed E-state index contributed by atoms with van der Waals surface area (Å²) >= 11 is 0. The number of carbonyl (C=O) groups excluding carboxylic acids is 2. The summed E-state index contributed by atoms with van der Waals surface area (Å²) in [5, 5.41) is 6.42. The number of ether oxygens (including phenoxy) is 1. The van der Waals surface area contributed by atoms with Crippen LogP contribution in [0.3, 0.4) is 0 Å².